The van der Waals surface area contributed by atoms with Crippen LogP contribution in [-0.4, -0.2) is 30.6 Å². The van der Waals surface area contributed by atoms with Crippen molar-refractivity contribution in [2.24, 2.45) is 0 Å². The predicted octanol–water partition coefficient (Wildman–Crippen LogP) is 3.13. The van der Waals surface area contributed by atoms with Gasteiger partial charge in [-0.1, -0.05) is 11.2 Å². The lowest BCUT2D eigenvalue weighted by Gasteiger charge is -2.09. The average molecular weight is 389 g/mol. The van der Waals surface area contributed by atoms with E-state index in [2.05, 4.69) is 35.4 Å². The topological polar surface area (TPSA) is 110 Å². The largest absolute Gasteiger partial charge is 0.433 e. The van der Waals surface area contributed by atoms with E-state index in [9.17, 15) is 18.0 Å². The second-order valence-electron chi connectivity index (χ2n) is 5.51. The molecule has 0 atom stereocenters. The van der Waals surface area contributed by atoms with Gasteiger partial charge in [-0.05, 0) is 18.2 Å². The Bertz CT molecular complexity index is 1140. The molecule has 0 aromatic carbocycles. The zero-order valence-corrected chi connectivity index (χ0v) is 13.8. The van der Waals surface area contributed by atoms with Crippen molar-refractivity contribution in [2.75, 3.05) is 10.6 Å². The maximum atomic E-state index is 12.8. The number of hydrogen-bond acceptors (Lipinski definition) is 7. The molecule has 2 N–H and O–H groups in total. The number of hydrogen-bond donors (Lipinski definition) is 2. The normalized spacial score (nSPS) is 11.5. The van der Waals surface area contributed by atoms with Crippen molar-refractivity contribution in [2.45, 2.75) is 6.18 Å². The van der Waals surface area contributed by atoms with Crippen molar-refractivity contribution in [3.8, 4) is 0 Å². The number of carbonyl (C=O) groups excluding carboxylic acids is 1. The van der Waals surface area contributed by atoms with Crippen molar-refractivity contribution in [1.29, 1.82) is 0 Å². The molecule has 0 saturated carbocycles. The van der Waals surface area contributed by atoms with Crippen LogP contribution in [0.3, 0.4) is 0 Å². The van der Waals surface area contributed by atoms with Crippen LogP contribution in [0.5, 0.6) is 0 Å². The van der Waals surface area contributed by atoms with Crippen molar-refractivity contribution in [3.05, 3.63) is 60.2 Å². The molecule has 9 nitrogen and oxygen atoms in total. The van der Waals surface area contributed by atoms with Gasteiger partial charge in [0.15, 0.2) is 11.5 Å². The summed E-state index contributed by atoms with van der Waals surface area (Å²) in [5.41, 5.74) is -0.697. The predicted molar refractivity (Wildman–Crippen MR) is 90.0 cm³/mol. The van der Waals surface area contributed by atoms with E-state index in [1.165, 1.54) is 47.4 Å². The molecular formula is C16H10F3N7O2. The van der Waals surface area contributed by atoms with Gasteiger partial charge in [-0.3, -0.25) is 4.79 Å². The van der Waals surface area contributed by atoms with Crippen molar-refractivity contribution < 1.29 is 22.5 Å². The number of halogens is 3. The van der Waals surface area contributed by atoms with Gasteiger partial charge in [0.25, 0.3) is 5.91 Å². The van der Waals surface area contributed by atoms with Gasteiger partial charge in [0.05, 0.1) is 6.20 Å². The molecule has 28 heavy (non-hydrogen) atoms. The summed E-state index contributed by atoms with van der Waals surface area (Å²) >= 11 is 0. The fraction of sp³-hybridized carbons (Fsp3) is 0.0625. The first-order valence-electron chi connectivity index (χ1n) is 7.77. The molecular weight excluding hydrogens is 379 g/mol. The summed E-state index contributed by atoms with van der Waals surface area (Å²) in [5.74, 6) is -0.160. The molecule has 0 fully saturated rings. The van der Waals surface area contributed by atoms with Gasteiger partial charge in [0.2, 0.25) is 0 Å². The molecule has 4 heterocycles. The Kier molecular flexibility index (Phi) is 4.14. The van der Waals surface area contributed by atoms with Crippen LogP contribution in [-0.2, 0) is 6.18 Å². The molecule has 0 spiro atoms. The molecule has 4 rings (SSSR count). The minimum atomic E-state index is -4.56. The van der Waals surface area contributed by atoms with E-state index in [1.807, 2.05) is 0 Å². The SMILES string of the molecule is O=C(Nc1ccon1)c1cnn2ccc(Nc3cccc(C(F)(F)F)n3)nc12. The number of pyridine rings is 1. The Morgan fingerprint density at radius 3 is 2.64 bits per heavy atom. The van der Waals surface area contributed by atoms with Crippen LogP contribution in [0.15, 0.2) is 53.5 Å². The molecule has 0 radical (unpaired) electrons. The Hall–Kier alpha value is -3.96. The van der Waals surface area contributed by atoms with Gasteiger partial charge in [-0.25, -0.2) is 14.5 Å². The van der Waals surface area contributed by atoms with Gasteiger partial charge in [0, 0.05) is 12.3 Å². The summed E-state index contributed by atoms with van der Waals surface area (Å²) in [4.78, 5) is 20.1. The molecule has 0 saturated heterocycles. The third-order valence-electron chi connectivity index (χ3n) is 3.59. The van der Waals surface area contributed by atoms with Gasteiger partial charge >= 0.3 is 6.18 Å². The molecule has 0 aliphatic heterocycles. The number of nitrogens with zero attached hydrogens (tertiary/aromatic N) is 5. The molecule has 1 amide bonds. The minimum absolute atomic E-state index is 0.0419. The fourth-order valence-electron chi connectivity index (χ4n) is 2.35. The highest BCUT2D eigenvalue weighted by Crippen LogP contribution is 2.28. The lowest BCUT2D eigenvalue weighted by atomic mass is 10.3. The average Bonchev–Trinajstić information content (AvgIpc) is 3.30. The summed E-state index contributed by atoms with van der Waals surface area (Å²) in [6.07, 6.45) is -0.448. The minimum Gasteiger partial charge on any atom is -0.363 e. The standard InChI is InChI=1S/C16H10F3N7O2/c17-16(18,19)10-2-1-3-11(21-10)22-12-4-6-26-14(23-12)9(8-20-26)15(27)24-13-5-7-28-25-13/h1-8H,(H,21,22,23)(H,24,25,27). The quantitative estimate of drug-likeness (QED) is 0.552. The van der Waals surface area contributed by atoms with Crippen LogP contribution in [0.2, 0.25) is 0 Å². The molecule has 0 unspecified atom stereocenters. The lowest BCUT2D eigenvalue weighted by molar-refractivity contribution is -0.141. The highest BCUT2D eigenvalue weighted by atomic mass is 19.4. The monoisotopic (exact) mass is 389 g/mol. The summed E-state index contributed by atoms with van der Waals surface area (Å²) < 4.78 is 44.4. The molecule has 0 aliphatic rings. The number of carbonyl (C=O) groups is 1. The van der Waals surface area contributed by atoms with E-state index in [4.69, 9.17) is 0 Å². The Morgan fingerprint density at radius 1 is 1.07 bits per heavy atom. The van der Waals surface area contributed by atoms with Gasteiger partial charge in [-0.15, -0.1) is 0 Å². The number of aromatic nitrogens is 5. The number of nitrogens with one attached hydrogen (secondary N) is 2. The molecule has 0 aliphatic carbocycles. The Morgan fingerprint density at radius 2 is 1.89 bits per heavy atom. The van der Waals surface area contributed by atoms with Crippen LogP contribution in [0.1, 0.15) is 16.1 Å². The fourth-order valence-corrected chi connectivity index (χ4v) is 2.35. The second kappa shape index (κ2) is 6.64. The van der Waals surface area contributed by atoms with Crippen molar-refractivity contribution >= 4 is 29.0 Å². The maximum absolute atomic E-state index is 12.8. The van der Waals surface area contributed by atoms with Gasteiger partial charge in [-0.2, -0.15) is 18.3 Å². The first-order chi connectivity index (χ1) is 13.4. The van der Waals surface area contributed by atoms with Gasteiger partial charge in [0.1, 0.15) is 29.2 Å². The highest BCUT2D eigenvalue weighted by molar-refractivity contribution is 6.07. The molecule has 142 valence electrons. The van der Waals surface area contributed by atoms with E-state index in [0.29, 0.717) is 0 Å². The van der Waals surface area contributed by atoms with E-state index in [-0.39, 0.29) is 28.7 Å². The smallest absolute Gasteiger partial charge is 0.363 e. The molecule has 0 bridgehead atoms. The van der Waals surface area contributed by atoms with Crippen molar-refractivity contribution in [1.82, 2.24) is 24.7 Å². The number of rotatable bonds is 4. The molecule has 4 aromatic rings. The van der Waals surface area contributed by atoms with Crippen molar-refractivity contribution in [3.63, 3.8) is 0 Å². The second-order valence-corrected chi connectivity index (χ2v) is 5.51. The van der Waals surface area contributed by atoms with E-state index >= 15 is 0 Å². The molecule has 12 heteroatoms. The van der Waals surface area contributed by atoms with Crippen LogP contribution in [0, 0.1) is 0 Å². The molecule has 4 aromatic heterocycles. The Balaban J connectivity index is 1.62. The summed E-state index contributed by atoms with van der Waals surface area (Å²) in [6.45, 7) is 0. The first-order valence-corrected chi connectivity index (χ1v) is 7.77. The van der Waals surface area contributed by atoms with Crippen LogP contribution in [0.25, 0.3) is 5.65 Å². The zero-order chi connectivity index (χ0) is 19.7. The van der Waals surface area contributed by atoms with Gasteiger partial charge < -0.3 is 15.2 Å². The van der Waals surface area contributed by atoms with Crippen LogP contribution in [0.4, 0.5) is 30.6 Å². The van der Waals surface area contributed by atoms with E-state index < -0.39 is 17.8 Å². The summed E-state index contributed by atoms with van der Waals surface area (Å²) in [5, 5.41) is 12.8. The zero-order valence-electron chi connectivity index (χ0n) is 13.8. The maximum Gasteiger partial charge on any atom is 0.433 e. The summed E-state index contributed by atoms with van der Waals surface area (Å²) in [7, 11) is 0. The Labute approximate surface area is 154 Å². The highest BCUT2D eigenvalue weighted by Gasteiger charge is 2.32. The van der Waals surface area contributed by atoms with Crippen LogP contribution >= 0.6 is 0 Å². The van der Waals surface area contributed by atoms with Crippen LogP contribution < -0.4 is 10.6 Å². The van der Waals surface area contributed by atoms with E-state index in [1.54, 1.807) is 0 Å². The number of fused-ring (bicyclic) bond motifs is 1. The third-order valence-corrected chi connectivity index (χ3v) is 3.59. The number of anilines is 3. The number of amides is 1. The first kappa shape index (κ1) is 17.5. The lowest BCUT2D eigenvalue weighted by Crippen LogP contribution is -2.12. The van der Waals surface area contributed by atoms with E-state index in [0.717, 1.165) is 6.07 Å². The summed E-state index contributed by atoms with van der Waals surface area (Å²) in [6, 6.07) is 6.41. The number of alkyl halides is 3. The third kappa shape index (κ3) is 3.47.